The van der Waals surface area contributed by atoms with Crippen LogP contribution >= 0.6 is 0 Å². The number of aliphatic hydroxyl groups is 1. The zero-order valence-corrected chi connectivity index (χ0v) is 7.12. The van der Waals surface area contributed by atoms with E-state index in [1.54, 1.807) is 0 Å². The van der Waals surface area contributed by atoms with Gasteiger partial charge in [-0.1, -0.05) is 0 Å². The van der Waals surface area contributed by atoms with Gasteiger partial charge in [-0.25, -0.2) is 0 Å². The molecule has 68 valence electrons. The number of Topliss-reactive ketones (excluding diaryl/α,β-unsaturated/α-hetero) is 1. The van der Waals surface area contributed by atoms with Gasteiger partial charge in [0.1, 0.15) is 0 Å². The van der Waals surface area contributed by atoms with Gasteiger partial charge in [-0.3, -0.25) is 4.79 Å². The van der Waals surface area contributed by atoms with Crippen LogP contribution in [0.1, 0.15) is 6.92 Å². The predicted octanol–water partition coefficient (Wildman–Crippen LogP) is 0.307. The molecule has 0 bridgehead atoms. The molecule has 0 atom stereocenters. The Morgan fingerprint density at radius 2 is 2.08 bits per heavy atom. The van der Waals surface area contributed by atoms with Crippen molar-refractivity contribution in [1.82, 2.24) is 4.90 Å². The van der Waals surface area contributed by atoms with Crippen molar-refractivity contribution in [1.29, 1.82) is 0 Å². The molecule has 1 aliphatic heterocycles. The number of hydrogen-bond acceptors (Lipinski definition) is 4. The van der Waals surface area contributed by atoms with E-state index in [0.29, 0.717) is 13.2 Å². The van der Waals surface area contributed by atoms with Crippen LogP contribution in [0.3, 0.4) is 0 Å². The molecule has 0 amide bonds. The maximum atomic E-state index is 10.6. The number of aliphatic hydroxyl groups excluding tert-OH is 1. The fraction of sp³-hybridized carbons (Fsp3) is 0.625. The largest absolute Gasteiger partial charge is 0.503 e. The van der Waals surface area contributed by atoms with Gasteiger partial charge in [-0.2, -0.15) is 0 Å². The van der Waals surface area contributed by atoms with E-state index in [1.807, 2.05) is 4.90 Å². The second kappa shape index (κ2) is 4.11. The van der Waals surface area contributed by atoms with Gasteiger partial charge < -0.3 is 14.7 Å². The lowest BCUT2D eigenvalue weighted by Crippen LogP contribution is -2.32. The van der Waals surface area contributed by atoms with E-state index in [0.717, 1.165) is 13.1 Å². The van der Waals surface area contributed by atoms with Crippen LogP contribution in [-0.4, -0.2) is 42.1 Å². The minimum absolute atomic E-state index is 0.183. The van der Waals surface area contributed by atoms with E-state index in [-0.39, 0.29) is 11.5 Å². The van der Waals surface area contributed by atoms with Crippen LogP contribution in [0.4, 0.5) is 0 Å². The van der Waals surface area contributed by atoms with Gasteiger partial charge >= 0.3 is 0 Å². The summed E-state index contributed by atoms with van der Waals surface area (Å²) in [7, 11) is 0. The molecule has 0 unspecified atom stereocenters. The molecular weight excluding hydrogens is 158 g/mol. The number of carbonyl (C=O) groups excluding carboxylic acids is 1. The first-order valence-electron chi connectivity index (χ1n) is 3.93. The average Bonchev–Trinajstić information content (AvgIpc) is 2.06. The van der Waals surface area contributed by atoms with E-state index in [4.69, 9.17) is 9.84 Å². The summed E-state index contributed by atoms with van der Waals surface area (Å²) in [5, 5.41) is 9.11. The molecule has 1 fully saturated rings. The molecule has 0 saturated carbocycles. The maximum Gasteiger partial charge on any atom is 0.195 e. The van der Waals surface area contributed by atoms with Gasteiger partial charge in [-0.15, -0.1) is 0 Å². The fourth-order valence-electron chi connectivity index (χ4n) is 0.970. The highest BCUT2D eigenvalue weighted by Crippen LogP contribution is 2.00. The topological polar surface area (TPSA) is 49.8 Å². The van der Waals surface area contributed by atoms with Crippen LogP contribution in [-0.2, 0) is 9.53 Å². The highest BCUT2D eigenvalue weighted by atomic mass is 16.5. The normalized spacial score (nSPS) is 19.4. The summed E-state index contributed by atoms with van der Waals surface area (Å²) < 4.78 is 5.10. The number of allylic oxidation sites excluding steroid dienone is 1. The van der Waals surface area contributed by atoms with Crippen molar-refractivity contribution in [3.8, 4) is 0 Å². The van der Waals surface area contributed by atoms with Crippen LogP contribution in [0.15, 0.2) is 12.0 Å². The zero-order valence-electron chi connectivity index (χ0n) is 7.12. The van der Waals surface area contributed by atoms with Crippen LogP contribution in [0.25, 0.3) is 0 Å². The van der Waals surface area contributed by atoms with Crippen LogP contribution in [0.2, 0.25) is 0 Å². The molecule has 4 nitrogen and oxygen atoms in total. The van der Waals surface area contributed by atoms with Gasteiger partial charge in [0.2, 0.25) is 0 Å². The second-order valence-corrected chi connectivity index (χ2v) is 2.72. The summed E-state index contributed by atoms with van der Waals surface area (Å²) in [6.45, 7) is 4.12. The van der Waals surface area contributed by atoms with Crippen molar-refractivity contribution in [3.05, 3.63) is 12.0 Å². The van der Waals surface area contributed by atoms with E-state index >= 15 is 0 Å². The summed E-state index contributed by atoms with van der Waals surface area (Å²) >= 11 is 0. The van der Waals surface area contributed by atoms with Gasteiger partial charge in [0.05, 0.1) is 13.2 Å². The Kier molecular flexibility index (Phi) is 3.10. The van der Waals surface area contributed by atoms with Crippen LogP contribution < -0.4 is 0 Å². The van der Waals surface area contributed by atoms with Crippen molar-refractivity contribution in [3.63, 3.8) is 0 Å². The van der Waals surface area contributed by atoms with E-state index in [1.165, 1.54) is 13.1 Å². The molecule has 0 aromatic carbocycles. The van der Waals surface area contributed by atoms with Crippen molar-refractivity contribution in [2.75, 3.05) is 26.3 Å². The molecule has 1 heterocycles. The second-order valence-electron chi connectivity index (χ2n) is 2.72. The van der Waals surface area contributed by atoms with Crippen molar-refractivity contribution >= 4 is 5.78 Å². The van der Waals surface area contributed by atoms with Gasteiger partial charge in [-0.05, 0) is 0 Å². The lowest BCUT2D eigenvalue weighted by atomic mass is 10.3. The number of ether oxygens (including phenoxy) is 1. The Hall–Kier alpha value is -1.03. The lowest BCUT2D eigenvalue weighted by molar-refractivity contribution is -0.116. The predicted molar refractivity (Wildman–Crippen MR) is 43.8 cm³/mol. The molecule has 1 saturated heterocycles. The Labute approximate surface area is 71.4 Å². The molecule has 0 aromatic heterocycles. The van der Waals surface area contributed by atoms with E-state index in [9.17, 15) is 4.79 Å². The first-order valence-corrected chi connectivity index (χ1v) is 3.93. The number of hydrogen-bond donors (Lipinski definition) is 1. The van der Waals surface area contributed by atoms with Gasteiger partial charge in [0, 0.05) is 26.2 Å². The number of morpholine rings is 1. The summed E-state index contributed by atoms with van der Waals surface area (Å²) in [6, 6.07) is 0. The van der Waals surface area contributed by atoms with Crippen molar-refractivity contribution in [2.24, 2.45) is 0 Å². The maximum absolute atomic E-state index is 10.6. The van der Waals surface area contributed by atoms with Crippen molar-refractivity contribution in [2.45, 2.75) is 6.92 Å². The first-order chi connectivity index (χ1) is 5.70. The molecule has 0 aromatic rings. The molecule has 0 aliphatic carbocycles. The number of nitrogens with zero attached hydrogens (tertiary/aromatic N) is 1. The third-order valence-electron chi connectivity index (χ3n) is 1.71. The molecule has 0 radical (unpaired) electrons. The standard InChI is InChI=1S/C8H13NO3/c1-7(10)8(11)6-9-2-4-12-5-3-9/h6,11H,2-5H2,1H3. The SMILES string of the molecule is CC(=O)C(O)=CN1CCOCC1. The number of carbonyl (C=O) groups is 1. The fourth-order valence-corrected chi connectivity index (χ4v) is 0.970. The molecule has 1 aliphatic rings. The molecule has 1 rings (SSSR count). The summed E-state index contributed by atoms with van der Waals surface area (Å²) in [5.74, 6) is -0.488. The average molecular weight is 171 g/mol. The minimum atomic E-state index is -0.304. The molecule has 0 spiro atoms. The smallest absolute Gasteiger partial charge is 0.195 e. The molecule has 4 heteroatoms. The third-order valence-corrected chi connectivity index (χ3v) is 1.71. The summed E-state index contributed by atoms with van der Waals surface area (Å²) in [5.41, 5.74) is 0. The number of ketones is 1. The number of rotatable bonds is 2. The lowest BCUT2D eigenvalue weighted by Gasteiger charge is -2.25. The summed E-state index contributed by atoms with van der Waals surface area (Å²) in [6.07, 6.45) is 1.48. The zero-order chi connectivity index (χ0) is 8.97. The monoisotopic (exact) mass is 171 g/mol. The third kappa shape index (κ3) is 2.54. The highest BCUT2D eigenvalue weighted by Gasteiger charge is 2.08. The van der Waals surface area contributed by atoms with E-state index in [2.05, 4.69) is 0 Å². The van der Waals surface area contributed by atoms with Gasteiger partial charge in [0.15, 0.2) is 11.5 Å². The quantitative estimate of drug-likeness (QED) is 0.480. The van der Waals surface area contributed by atoms with Crippen LogP contribution in [0, 0.1) is 0 Å². The van der Waals surface area contributed by atoms with Crippen molar-refractivity contribution < 1.29 is 14.6 Å². The highest BCUT2D eigenvalue weighted by molar-refractivity contribution is 5.90. The van der Waals surface area contributed by atoms with Crippen LogP contribution in [0.5, 0.6) is 0 Å². The Bertz CT molecular complexity index is 194. The van der Waals surface area contributed by atoms with E-state index < -0.39 is 0 Å². The van der Waals surface area contributed by atoms with Gasteiger partial charge in [0.25, 0.3) is 0 Å². The first kappa shape index (κ1) is 9.06. The molecule has 12 heavy (non-hydrogen) atoms. The molecule has 1 N–H and O–H groups in total. The Morgan fingerprint density at radius 1 is 1.50 bits per heavy atom. The minimum Gasteiger partial charge on any atom is -0.503 e. The Morgan fingerprint density at radius 3 is 2.58 bits per heavy atom. The summed E-state index contributed by atoms with van der Waals surface area (Å²) in [4.78, 5) is 12.5. The molecular formula is C8H13NO3. The Balaban J connectivity index is 2.47.